The van der Waals surface area contributed by atoms with Gasteiger partial charge in [0.05, 0.1) is 11.4 Å². The fourth-order valence-electron chi connectivity index (χ4n) is 11.6. The Morgan fingerprint density at radius 3 is 1.27 bits per heavy atom. The molecule has 0 amide bonds. The molecule has 4 heteroatoms. The molecule has 0 saturated carbocycles. The van der Waals surface area contributed by atoms with Crippen LogP contribution in [-0.2, 0) is 0 Å². The van der Waals surface area contributed by atoms with Crippen molar-refractivity contribution in [3.05, 3.63) is 291 Å². The van der Waals surface area contributed by atoms with Crippen LogP contribution in [0.5, 0.6) is 0 Å². The van der Waals surface area contributed by atoms with E-state index in [9.17, 15) is 0 Å². The average Bonchev–Trinajstić information content (AvgIpc) is 3.48. The minimum Gasteiger partial charge on any atom is -0.311 e. The summed E-state index contributed by atoms with van der Waals surface area (Å²) in [5, 5.41) is 2.37. The van der Waals surface area contributed by atoms with Gasteiger partial charge in [-0.1, -0.05) is 224 Å². The van der Waals surface area contributed by atoms with Crippen molar-refractivity contribution in [3.63, 3.8) is 0 Å². The summed E-state index contributed by atoms with van der Waals surface area (Å²) in [4.78, 5) is 7.54. The van der Waals surface area contributed by atoms with E-state index in [1.807, 2.05) is 0 Å². The molecule has 12 aromatic rings. The summed E-state index contributed by atoms with van der Waals surface area (Å²) in [7, 11) is 0. The fraction of sp³-hybridized carbons (Fsp3) is 0. The number of fused-ring (bicyclic) bond motifs is 5. The van der Waals surface area contributed by atoms with Gasteiger partial charge in [0.2, 0.25) is 0 Å². The Morgan fingerprint density at radius 2 is 0.703 bits per heavy atom. The van der Waals surface area contributed by atoms with Crippen molar-refractivity contribution in [2.24, 2.45) is 0 Å². The molecule has 0 aromatic heterocycles. The fourth-order valence-corrected chi connectivity index (χ4v) is 11.6. The minimum atomic E-state index is -0.102. The molecule has 0 unspecified atom stereocenters. The first-order valence-corrected chi connectivity index (χ1v) is 25.5. The maximum atomic E-state index is 2.55. The summed E-state index contributed by atoms with van der Waals surface area (Å²) in [6.45, 7) is -0.102. The zero-order valence-electron chi connectivity index (χ0n) is 40.6. The summed E-state index contributed by atoms with van der Waals surface area (Å²) in [5.74, 6) is 0. The Labute approximate surface area is 433 Å². The summed E-state index contributed by atoms with van der Waals surface area (Å²) >= 11 is 0. The van der Waals surface area contributed by atoms with Crippen LogP contribution in [0.2, 0.25) is 0 Å². The van der Waals surface area contributed by atoms with E-state index in [0.29, 0.717) is 0 Å². The van der Waals surface area contributed by atoms with Crippen molar-refractivity contribution in [1.82, 2.24) is 0 Å². The normalized spacial score (nSPS) is 12.2. The van der Waals surface area contributed by atoms with Crippen LogP contribution in [0.4, 0.5) is 51.2 Å². The SMILES string of the molecule is c1ccc(-c2ccc(N3c4ccc(-c5ccccc5)cc4B4c5ccc(-c6ccccc6)cc5N(c5ccc(-c6ccccc6)cc5)c5cc(N(c6ccccc6)c6cccc7ccccc67)cc3c54)cc2)cc1. The molecule has 14 rings (SSSR count). The lowest BCUT2D eigenvalue weighted by Crippen LogP contribution is -2.61. The van der Waals surface area contributed by atoms with Crippen molar-refractivity contribution in [3.8, 4) is 44.5 Å². The lowest BCUT2D eigenvalue weighted by Gasteiger charge is -2.45. The third kappa shape index (κ3) is 7.47. The van der Waals surface area contributed by atoms with E-state index in [4.69, 9.17) is 0 Å². The lowest BCUT2D eigenvalue weighted by molar-refractivity contribution is 1.23. The van der Waals surface area contributed by atoms with E-state index in [0.717, 1.165) is 51.2 Å². The maximum Gasteiger partial charge on any atom is 0.252 e. The quantitative estimate of drug-likeness (QED) is 0.134. The highest BCUT2D eigenvalue weighted by Gasteiger charge is 2.44. The second-order valence-corrected chi connectivity index (χ2v) is 19.3. The standard InChI is InChI=1S/C70H48BN3/c1-6-19-49(20-7-1)53-33-39-59(40-34-53)73-66-44-38-56(51-23-10-3-11-24-51)45-64(66)71-63-43-37-57(52-25-12-4-13-26-52)46-67(63)74(60-41-35-54(36-42-60)50-21-8-2-9-22-50)69-48-61(47-68(73)70(69)71)72(58-29-14-5-15-30-58)65-32-18-28-55-27-16-17-31-62(55)65/h1-48H. The number of benzene rings is 12. The van der Waals surface area contributed by atoms with Gasteiger partial charge >= 0.3 is 0 Å². The van der Waals surface area contributed by atoms with E-state index in [1.54, 1.807) is 0 Å². The second kappa shape index (κ2) is 18.2. The molecule has 346 valence electrons. The first-order valence-electron chi connectivity index (χ1n) is 25.5. The zero-order chi connectivity index (χ0) is 49.0. The molecule has 0 saturated heterocycles. The first-order chi connectivity index (χ1) is 36.7. The molecular formula is C70H48BN3. The average molecular weight is 942 g/mol. The number of hydrogen-bond acceptors (Lipinski definition) is 3. The molecule has 12 aromatic carbocycles. The Balaban J connectivity index is 1.09. The highest BCUT2D eigenvalue weighted by atomic mass is 15.2. The molecule has 74 heavy (non-hydrogen) atoms. The van der Waals surface area contributed by atoms with Crippen LogP contribution in [0.1, 0.15) is 0 Å². The van der Waals surface area contributed by atoms with Crippen molar-refractivity contribution in [2.45, 2.75) is 0 Å². The van der Waals surface area contributed by atoms with Crippen molar-refractivity contribution >= 4 is 85.1 Å². The number of anilines is 9. The molecular weight excluding hydrogens is 894 g/mol. The number of hydrogen-bond donors (Lipinski definition) is 0. The van der Waals surface area contributed by atoms with Crippen molar-refractivity contribution in [1.29, 1.82) is 0 Å². The molecule has 2 aliphatic rings. The summed E-state index contributed by atoms with van der Waals surface area (Å²) < 4.78 is 0. The van der Waals surface area contributed by atoms with Crippen LogP contribution in [0.3, 0.4) is 0 Å². The second-order valence-electron chi connectivity index (χ2n) is 19.3. The van der Waals surface area contributed by atoms with E-state index < -0.39 is 0 Å². The van der Waals surface area contributed by atoms with Gasteiger partial charge in [0, 0.05) is 45.2 Å². The summed E-state index contributed by atoms with van der Waals surface area (Å²) in [5.41, 5.74) is 23.3. The van der Waals surface area contributed by atoms with Crippen LogP contribution in [-0.4, -0.2) is 6.71 Å². The van der Waals surface area contributed by atoms with E-state index in [2.05, 4.69) is 306 Å². The van der Waals surface area contributed by atoms with Crippen molar-refractivity contribution < 1.29 is 0 Å². The van der Waals surface area contributed by atoms with Gasteiger partial charge in [-0.15, -0.1) is 0 Å². The Hall–Kier alpha value is -9.64. The predicted octanol–water partition coefficient (Wildman–Crippen LogP) is 17.1. The Bertz CT molecular complexity index is 3990. The molecule has 2 aliphatic heterocycles. The van der Waals surface area contributed by atoms with E-state index in [1.165, 1.54) is 71.7 Å². The third-order valence-electron chi connectivity index (χ3n) is 15.0. The summed E-state index contributed by atoms with van der Waals surface area (Å²) in [6.07, 6.45) is 0. The van der Waals surface area contributed by atoms with Crippen molar-refractivity contribution in [2.75, 3.05) is 14.7 Å². The topological polar surface area (TPSA) is 9.72 Å². The molecule has 0 N–H and O–H groups in total. The van der Waals surface area contributed by atoms with Gasteiger partial charge in [-0.25, -0.2) is 0 Å². The van der Waals surface area contributed by atoms with Crippen LogP contribution in [0.15, 0.2) is 291 Å². The van der Waals surface area contributed by atoms with E-state index >= 15 is 0 Å². The molecule has 0 aliphatic carbocycles. The van der Waals surface area contributed by atoms with Crippen LogP contribution < -0.4 is 31.1 Å². The maximum absolute atomic E-state index is 2.55. The molecule has 0 fully saturated rings. The molecule has 0 radical (unpaired) electrons. The van der Waals surface area contributed by atoms with Gasteiger partial charge in [0.15, 0.2) is 0 Å². The molecule has 3 nitrogen and oxygen atoms in total. The third-order valence-corrected chi connectivity index (χ3v) is 15.0. The van der Waals surface area contributed by atoms with Crippen LogP contribution in [0, 0.1) is 0 Å². The van der Waals surface area contributed by atoms with Gasteiger partial charge < -0.3 is 14.7 Å². The summed E-state index contributed by atoms with van der Waals surface area (Å²) in [6, 6.07) is 107. The monoisotopic (exact) mass is 941 g/mol. The van der Waals surface area contributed by atoms with Crippen LogP contribution in [0.25, 0.3) is 55.3 Å². The highest BCUT2D eigenvalue weighted by Crippen LogP contribution is 2.50. The first kappa shape index (κ1) is 43.2. The number of para-hydroxylation sites is 1. The van der Waals surface area contributed by atoms with Crippen LogP contribution >= 0.6 is 0 Å². The highest BCUT2D eigenvalue weighted by molar-refractivity contribution is 7.00. The smallest absolute Gasteiger partial charge is 0.252 e. The lowest BCUT2D eigenvalue weighted by atomic mass is 9.33. The minimum absolute atomic E-state index is 0.102. The Morgan fingerprint density at radius 1 is 0.270 bits per heavy atom. The van der Waals surface area contributed by atoms with E-state index in [-0.39, 0.29) is 6.71 Å². The predicted molar refractivity (Wildman–Crippen MR) is 314 cm³/mol. The number of nitrogens with zero attached hydrogens (tertiary/aromatic N) is 3. The molecule has 0 atom stereocenters. The molecule has 2 heterocycles. The molecule has 0 bridgehead atoms. The van der Waals surface area contributed by atoms with Gasteiger partial charge in [-0.2, -0.15) is 0 Å². The largest absolute Gasteiger partial charge is 0.311 e. The number of rotatable bonds is 9. The van der Waals surface area contributed by atoms with Gasteiger partial charge in [0.25, 0.3) is 6.71 Å². The molecule has 0 spiro atoms. The van der Waals surface area contributed by atoms with Gasteiger partial charge in [0.1, 0.15) is 0 Å². The zero-order valence-corrected chi connectivity index (χ0v) is 40.6. The van der Waals surface area contributed by atoms with Gasteiger partial charge in [-0.05, 0) is 133 Å². The Kier molecular flexibility index (Phi) is 10.6. The van der Waals surface area contributed by atoms with Gasteiger partial charge in [-0.3, -0.25) is 0 Å².